The molecule has 0 aromatic heterocycles. The fourth-order valence-corrected chi connectivity index (χ4v) is 6.80. The topological polar surface area (TPSA) is 40.5 Å². The number of rotatable bonds is 4. The van der Waals surface area contributed by atoms with E-state index in [1.54, 1.807) is 0 Å². The predicted molar refractivity (Wildman–Crippen MR) is 158 cm³/mol. The van der Waals surface area contributed by atoms with E-state index in [-0.39, 0.29) is 46.0 Å². The smallest absolute Gasteiger partial charge is 1.00 e. The molecule has 0 bridgehead atoms. The first-order valence-electron chi connectivity index (χ1n) is 12.6. The molecule has 2 aromatic carbocycles. The second kappa shape index (κ2) is 10.8. The second-order valence-electron chi connectivity index (χ2n) is 14.3. The Bertz CT molecular complexity index is 927. The Morgan fingerprint density at radius 1 is 0.472 bits per heavy atom. The molecule has 0 amide bonds. The standard InChI is InChI=1S/C31H48O2S2.Li.H/c1-27(2,3)21-15-19(16-22(25(21)32)28(4,5)6)34-31(13,14)35-20-17-23(29(7,8)9)26(33)24(18-20)30(10,11)12;;/h15-18,32-33H,1-14H3;;/q;+1;-1. The molecule has 0 aliphatic carbocycles. The molecule has 2 rings (SSSR count). The Kier molecular flexibility index (Phi) is 10.0. The SMILES string of the molecule is CC(C)(Sc1cc(C(C)(C)C)c(O)c(C(C)(C)C)c1)Sc1cc(C(C)(C)C)c(O)c(C(C)(C)C)c1.[H-].[Li+]. The molecule has 0 saturated carbocycles. The molecule has 0 spiro atoms. The summed E-state index contributed by atoms with van der Waals surface area (Å²) in [6, 6.07) is 8.65. The van der Waals surface area contributed by atoms with Gasteiger partial charge < -0.3 is 11.6 Å². The summed E-state index contributed by atoms with van der Waals surface area (Å²) in [7, 11) is 0. The van der Waals surface area contributed by atoms with Crippen molar-refractivity contribution in [3.8, 4) is 11.5 Å². The maximum atomic E-state index is 11.1. The van der Waals surface area contributed by atoms with Gasteiger partial charge in [0, 0.05) is 32.0 Å². The molecule has 0 saturated heterocycles. The Labute approximate surface area is 243 Å². The van der Waals surface area contributed by atoms with Crippen molar-refractivity contribution >= 4 is 23.5 Å². The summed E-state index contributed by atoms with van der Waals surface area (Å²) in [6.07, 6.45) is 0. The van der Waals surface area contributed by atoms with Crippen molar-refractivity contribution in [3.63, 3.8) is 0 Å². The van der Waals surface area contributed by atoms with Crippen LogP contribution in [0.5, 0.6) is 11.5 Å². The van der Waals surface area contributed by atoms with E-state index in [0.717, 1.165) is 22.3 Å². The van der Waals surface area contributed by atoms with Crippen LogP contribution in [0.3, 0.4) is 0 Å². The number of phenols is 2. The molecule has 0 aliphatic rings. The zero-order chi connectivity index (χ0) is 27.4. The van der Waals surface area contributed by atoms with Crippen molar-refractivity contribution < 1.29 is 30.5 Å². The first-order valence-corrected chi connectivity index (χ1v) is 14.2. The first kappa shape index (κ1) is 33.4. The average molecular weight is 525 g/mol. The van der Waals surface area contributed by atoms with Gasteiger partial charge in [-0.05, 0) is 59.8 Å². The Morgan fingerprint density at radius 2 is 0.667 bits per heavy atom. The maximum Gasteiger partial charge on any atom is 1.00 e. The largest absolute Gasteiger partial charge is 1.00 e. The Morgan fingerprint density at radius 3 is 0.833 bits per heavy atom. The maximum absolute atomic E-state index is 11.1. The molecule has 0 fully saturated rings. The quantitative estimate of drug-likeness (QED) is 0.256. The van der Waals surface area contributed by atoms with Crippen molar-refractivity contribution in [2.45, 2.75) is 132 Å². The number of thioether (sulfide) groups is 2. The van der Waals surface area contributed by atoms with Gasteiger partial charge in [-0.2, -0.15) is 0 Å². The number of benzene rings is 2. The molecule has 198 valence electrons. The van der Waals surface area contributed by atoms with Crippen molar-refractivity contribution in [2.24, 2.45) is 0 Å². The van der Waals surface area contributed by atoms with Crippen LogP contribution in [0.25, 0.3) is 0 Å². The molecule has 2 nitrogen and oxygen atoms in total. The molecular formula is C31H49LiO2S2. The van der Waals surface area contributed by atoms with Gasteiger partial charge in [-0.3, -0.25) is 0 Å². The number of hydrogen-bond acceptors (Lipinski definition) is 4. The molecule has 0 unspecified atom stereocenters. The summed E-state index contributed by atoms with van der Waals surface area (Å²) < 4.78 is -0.164. The summed E-state index contributed by atoms with van der Waals surface area (Å²) in [4.78, 5) is 2.34. The van der Waals surface area contributed by atoms with Crippen LogP contribution >= 0.6 is 23.5 Å². The molecule has 0 radical (unpaired) electrons. The zero-order valence-corrected chi connectivity index (χ0v) is 27.2. The van der Waals surface area contributed by atoms with E-state index in [1.807, 2.05) is 23.5 Å². The number of hydrogen-bond donors (Lipinski definition) is 2. The van der Waals surface area contributed by atoms with Crippen molar-refractivity contribution in [3.05, 3.63) is 46.5 Å². The average Bonchev–Trinajstić information content (AvgIpc) is 2.60. The van der Waals surface area contributed by atoms with Gasteiger partial charge in [0.05, 0.1) is 4.08 Å². The molecule has 0 heterocycles. The van der Waals surface area contributed by atoms with Crippen LogP contribution in [0.4, 0.5) is 0 Å². The van der Waals surface area contributed by atoms with Crippen LogP contribution in [0.2, 0.25) is 0 Å². The van der Waals surface area contributed by atoms with Crippen LogP contribution in [-0.2, 0) is 21.7 Å². The van der Waals surface area contributed by atoms with Crippen molar-refractivity contribution in [2.75, 3.05) is 0 Å². The summed E-state index contributed by atoms with van der Waals surface area (Å²) in [5, 5.41) is 22.2. The Hall–Kier alpha value is -0.663. The molecule has 2 aromatic rings. The molecule has 5 heteroatoms. The van der Waals surface area contributed by atoms with Crippen LogP contribution in [0.1, 0.15) is 121 Å². The van der Waals surface area contributed by atoms with Crippen molar-refractivity contribution in [1.29, 1.82) is 0 Å². The summed E-state index contributed by atoms with van der Waals surface area (Å²) >= 11 is 3.66. The molecule has 36 heavy (non-hydrogen) atoms. The zero-order valence-electron chi connectivity index (χ0n) is 26.5. The van der Waals surface area contributed by atoms with Gasteiger partial charge >= 0.3 is 18.9 Å². The van der Waals surface area contributed by atoms with E-state index in [0.29, 0.717) is 11.5 Å². The van der Waals surface area contributed by atoms with E-state index in [1.165, 1.54) is 9.79 Å². The van der Waals surface area contributed by atoms with Gasteiger partial charge in [0.25, 0.3) is 0 Å². The normalized spacial score (nSPS) is 13.5. The van der Waals surface area contributed by atoms with E-state index in [2.05, 4.69) is 121 Å². The van der Waals surface area contributed by atoms with Crippen molar-refractivity contribution in [1.82, 2.24) is 0 Å². The molecule has 2 N–H and O–H groups in total. The minimum atomic E-state index is -0.164. The second-order valence-corrected chi connectivity index (χ2v) is 18.0. The van der Waals surface area contributed by atoms with Crippen LogP contribution < -0.4 is 18.9 Å². The van der Waals surface area contributed by atoms with Gasteiger partial charge in [0.1, 0.15) is 11.5 Å². The van der Waals surface area contributed by atoms with Crippen LogP contribution in [0, 0.1) is 0 Å². The summed E-state index contributed by atoms with van der Waals surface area (Å²) in [5.74, 6) is 0.839. The van der Waals surface area contributed by atoms with E-state index < -0.39 is 0 Å². The van der Waals surface area contributed by atoms with Crippen LogP contribution in [-0.4, -0.2) is 14.3 Å². The van der Waals surface area contributed by atoms with Gasteiger partial charge in [0.15, 0.2) is 0 Å². The minimum Gasteiger partial charge on any atom is -1.00 e. The van der Waals surface area contributed by atoms with Gasteiger partial charge in [-0.25, -0.2) is 0 Å². The predicted octanol–water partition coefficient (Wildman–Crippen LogP) is 7.02. The van der Waals surface area contributed by atoms with E-state index >= 15 is 0 Å². The van der Waals surface area contributed by atoms with E-state index in [9.17, 15) is 10.2 Å². The molecule has 0 aliphatic heterocycles. The van der Waals surface area contributed by atoms with E-state index in [4.69, 9.17) is 0 Å². The fraction of sp³-hybridized carbons (Fsp3) is 0.613. The molecular weight excluding hydrogens is 475 g/mol. The van der Waals surface area contributed by atoms with Gasteiger partial charge in [0.2, 0.25) is 0 Å². The van der Waals surface area contributed by atoms with Gasteiger partial charge in [-0.15, -0.1) is 23.5 Å². The van der Waals surface area contributed by atoms with Crippen LogP contribution in [0.15, 0.2) is 34.1 Å². The monoisotopic (exact) mass is 524 g/mol. The summed E-state index contributed by atoms with van der Waals surface area (Å²) in [5.41, 5.74) is 3.34. The third kappa shape index (κ3) is 8.17. The third-order valence-corrected chi connectivity index (χ3v) is 8.55. The molecule has 0 atom stereocenters. The Balaban J connectivity index is 0.00000648. The third-order valence-electron chi connectivity index (χ3n) is 6.13. The minimum absolute atomic E-state index is 0. The fourth-order valence-electron chi connectivity index (χ4n) is 4.21. The summed E-state index contributed by atoms with van der Waals surface area (Å²) in [6.45, 7) is 30.4. The first-order chi connectivity index (χ1) is 15.4. The number of phenolic OH excluding ortho intramolecular Hbond substituents is 2. The van der Waals surface area contributed by atoms with Gasteiger partial charge in [-0.1, -0.05) is 83.1 Å². The number of aromatic hydroxyl groups is 2.